The van der Waals surface area contributed by atoms with Crippen molar-refractivity contribution in [3.05, 3.63) is 89.2 Å². The van der Waals surface area contributed by atoms with Crippen molar-refractivity contribution in [2.24, 2.45) is 0 Å². The highest BCUT2D eigenvalue weighted by atomic mass is 16.5. The van der Waals surface area contributed by atoms with Gasteiger partial charge in [-0.2, -0.15) is 0 Å². The summed E-state index contributed by atoms with van der Waals surface area (Å²) in [5.41, 5.74) is 4.28. The molecule has 1 saturated heterocycles. The second-order valence-electron chi connectivity index (χ2n) is 7.51. The molecule has 0 spiro atoms. The summed E-state index contributed by atoms with van der Waals surface area (Å²) in [5, 5.41) is 0. The molecule has 0 unspecified atom stereocenters. The molecule has 4 rings (SSSR count). The highest BCUT2D eigenvalue weighted by molar-refractivity contribution is 5.94. The minimum Gasteiger partial charge on any atom is -0.493 e. The number of amides is 1. The molecule has 1 aliphatic rings. The maximum atomic E-state index is 12.5. The molecule has 0 atom stereocenters. The lowest BCUT2D eigenvalue weighted by molar-refractivity contribution is 0.0602. The van der Waals surface area contributed by atoms with Gasteiger partial charge in [-0.05, 0) is 47.4 Å². The van der Waals surface area contributed by atoms with Crippen LogP contribution in [0.25, 0.3) is 0 Å². The molecule has 2 heterocycles. The third-order valence-corrected chi connectivity index (χ3v) is 5.58. The maximum Gasteiger partial charge on any atom is 0.254 e. The van der Waals surface area contributed by atoms with Crippen LogP contribution in [-0.2, 0) is 13.0 Å². The molecular weight excluding hydrogens is 376 g/mol. The van der Waals surface area contributed by atoms with Gasteiger partial charge in [0.25, 0.3) is 5.91 Å². The molecule has 1 aromatic heterocycles. The first-order chi connectivity index (χ1) is 14.7. The van der Waals surface area contributed by atoms with Gasteiger partial charge in [-0.1, -0.05) is 37.3 Å². The van der Waals surface area contributed by atoms with Gasteiger partial charge in [-0.3, -0.25) is 9.78 Å². The third-order valence-electron chi connectivity index (χ3n) is 5.58. The fourth-order valence-electron chi connectivity index (χ4n) is 3.62. The first-order valence-corrected chi connectivity index (χ1v) is 10.3. The van der Waals surface area contributed by atoms with Crippen LogP contribution in [0.1, 0.15) is 39.9 Å². The van der Waals surface area contributed by atoms with Crippen molar-refractivity contribution >= 4 is 5.91 Å². The van der Waals surface area contributed by atoms with Gasteiger partial charge < -0.3 is 14.4 Å². The number of hydrogen-bond acceptors (Lipinski definition) is 4. The van der Waals surface area contributed by atoms with Gasteiger partial charge in [-0.25, -0.2) is 0 Å². The Labute approximate surface area is 177 Å². The van der Waals surface area contributed by atoms with Crippen LogP contribution < -0.4 is 9.47 Å². The fraction of sp³-hybridized carbons (Fsp3) is 0.280. The van der Waals surface area contributed by atoms with Gasteiger partial charge in [-0.15, -0.1) is 0 Å². The predicted octanol–water partition coefficient (Wildman–Crippen LogP) is 4.47. The van der Waals surface area contributed by atoms with E-state index in [1.165, 1.54) is 5.56 Å². The Hall–Kier alpha value is -3.34. The van der Waals surface area contributed by atoms with Crippen LogP contribution in [0.15, 0.2) is 67.0 Å². The number of aromatic nitrogens is 1. The minimum absolute atomic E-state index is 0.0506. The SMILES string of the molecule is CCc1ccc(COc2ccc(C3CN(C(=O)c4ccncc4)C3)cc2OC)cc1. The number of pyridine rings is 1. The summed E-state index contributed by atoms with van der Waals surface area (Å²) >= 11 is 0. The molecule has 1 amide bonds. The largest absolute Gasteiger partial charge is 0.493 e. The van der Waals surface area contributed by atoms with Gasteiger partial charge in [0.1, 0.15) is 6.61 Å². The molecule has 30 heavy (non-hydrogen) atoms. The average molecular weight is 402 g/mol. The number of aryl methyl sites for hydroxylation is 1. The Morgan fingerprint density at radius 2 is 1.70 bits per heavy atom. The standard InChI is InChI=1S/C25H26N2O3/c1-3-18-4-6-19(7-5-18)17-30-23-9-8-21(14-24(23)29-2)22-15-27(16-22)25(28)20-10-12-26-13-11-20/h4-14,22H,3,15-17H2,1-2H3. The first kappa shape index (κ1) is 20.0. The molecule has 1 aliphatic heterocycles. The number of methoxy groups -OCH3 is 1. The molecule has 5 nitrogen and oxygen atoms in total. The molecule has 0 bridgehead atoms. The molecular formula is C25H26N2O3. The van der Waals surface area contributed by atoms with Crippen LogP contribution in [0.5, 0.6) is 11.5 Å². The number of carbonyl (C=O) groups is 1. The van der Waals surface area contributed by atoms with Crippen molar-refractivity contribution in [1.82, 2.24) is 9.88 Å². The van der Waals surface area contributed by atoms with E-state index in [9.17, 15) is 4.79 Å². The Morgan fingerprint density at radius 1 is 1.00 bits per heavy atom. The van der Waals surface area contributed by atoms with Gasteiger partial charge in [0.15, 0.2) is 11.5 Å². The zero-order valence-corrected chi connectivity index (χ0v) is 17.4. The number of ether oxygens (including phenoxy) is 2. The van der Waals surface area contributed by atoms with Crippen LogP contribution in [0.2, 0.25) is 0 Å². The van der Waals surface area contributed by atoms with E-state index in [0.29, 0.717) is 31.2 Å². The summed E-state index contributed by atoms with van der Waals surface area (Å²) in [6.07, 6.45) is 4.32. The monoisotopic (exact) mass is 402 g/mol. The molecule has 1 fully saturated rings. The number of likely N-dealkylation sites (tertiary alicyclic amines) is 1. The zero-order valence-electron chi connectivity index (χ0n) is 17.4. The highest BCUT2D eigenvalue weighted by Crippen LogP contribution is 2.35. The number of hydrogen-bond donors (Lipinski definition) is 0. The van der Waals surface area contributed by atoms with E-state index >= 15 is 0 Å². The van der Waals surface area contributed by atoms with Crippen molar-refractivity contribution in [2.45, 2.75) is 25.9 Å². The molecule has 0 saturated carbocycles. The number of rotatable bonds is 7. The molecule has 0 aliphatic carbocycles. The van der Waals surface area contributed by atoms with Crippen LogP contribution in [0, 0.1) is 0 Å². The predicted molar refractivity (Wildman–Crippen MR) is 116 cm³/mol. The Kier molecular flexibility index (Phi) is 5.98. The van der Waals surface area contributed by atoms with Crippen LogP contribution >= 0.6 is 0 Å². The lowest BCUT2D eigenvalue weighted by atomic mass is 9.90. The van der Waals surface area contributed by atoms with Crippen molar-refractivity contribution in [3.63, 3.8) is 0 Å². The summed E-state index contributed by atoms with van der Waals surface area (Å²) < 4.78 is 11.6. The summed E-state index contributed by atoms with van der Waals surface area (Å²) in [7, 11) is 1.65. The van der Waals surface area contributed by atoms with E-state index in [2.05, 4.69) is 42.2 Å². The van der Waals surface area contributed by atoms with Gasteiger partial charge in [0.05, 0.1) is 7.11 Å². The van der Waals surface area contributed by atoms with Crippen molar-refractivity contribution in [3.8, 4) is 11.5 Å². The van der Waals surface area contributed by atoms with E-state index in [4.69, 9.17) is 9.47 Å². The topological polar surface area (TPSA) is 51.7 Å². The lowest BCUT2D eigenvalue weighted by Crippen LogP contribution is -2.48. The van der Waals surface area contributed by atoms with Crippen molar-refractivity contribution < 1.29 is 14.3 Å². The van der Waals surface area contributed by atoms with Crippen LogP contribution in [0.4, 0.5) is 0 Å². The second kappa shape index (κ2) is 8.99. The normalized spacial score (nSPS) is 13.6. The Morgan fingerprint density at radius 3 is 2.37 bits per heavy atom. The molecule has 2 aromatic carbocycles. The minimum atomic E-state index is 0.0506. The number of carbonyl (C=O) groups excluding carboxylic acids is 1. The summed E-state index contributed by atoms with van der Waals surface area (Å²) in [6, 6.07) is 18.0. The fourth-order valence-corrected chi connectivity index (χ4v) is 3.62. The third kappa shape index (κ3) is 4.30. The zero-order chi connectivity index (χ0) is 20.9. The van der Waals surface area contributed by atoms with E-state index in [1.54, 1.807) is 31.6 Å². The van der Waals surface area contributed by atoms with E-state index in [-0.39, 0.29) is 5.91 Å². The lowest BCUT2D eigenvalue weighted by Gasteiger charge is -2.39. The molecule has 0 N–H and O–H groups in total. The van der Waals surface area contributed by atoms with E-state index < -0.39 is 0 Å². The molecule has 0 radical (unpaired) electrons. The van der Waals surface area contributed by atoms with Crippen molar-refractivity contribution in [1.29, 1.82) is 0 Å². The first-order valence-electron chi connectivity index (χ1n) is 10.3. The molecule has 154 valence electrons. The van der Waals surface area contributed by atoms with Gasteiger partial charge in [0.2, 0.25) is 0 Å². The average Bonchev–Trinajstić information content (AvgIpc) is 2.77. The van der Waals surface area contributed by atoms with Crippen LogP contribution in [-0.4, -0.2) is 36.0 Å². The smallest absolute Gasteiger partial charge is 0.254 e. The van der Waals surface area contributed by atoms with Crippen molar-refractivity contribution in [2.75, 3.05) is 20.2 Å². The number of benzene rings is 2. The summed E-state index contributed by atoms with van der Waals surface area (Å²) in [5.74, 6) is 1.80. The van der Waals surface area contributed by atoms with E-state index in [0.717, 1.165) is 29.0 Å². The molecule has 3 aromatic rings. The summed E-state index contributed by atoms with van der Waals surface area (Å²) in [4.78, 5) is 18.3. The van der Waals surface area contributed by atoms with Gasteiger partial charge in [0, 0.05) is 37.0 Å². The second-order valence-corrected chi connectivity index (χ2v) is 7.51. The molecule has 5 heteroatoms. The highest BCUT2D eigenvalue weighted by Gasteiger charge is 2.32. The van der Waals surface area contributed by atoms with Crippen LogP contribution in [0.3, 0.4) is 0 Å². The Balaban J connectivity index is 1.37. The number of nitrogens with zero attached hydrogens (tertiary/aromatic N) is 2. The van der Waals surface area contributed by atoms with Gasteiger partial charge >= 0.3 is 0 Å². The maximum absolute atomic E-state index is 12.5. The van der Waals surface area contributed by atoms with E-state index in [1.807, 2.05) is 17.0 Å². The Bertz CT molecular complexity index is 997. The summed E-state index contributed by atoms with van der Waals surface area (Å²) in [6.45, 7) is 4.05. The quantitative estimate of drug-likeness (QED) is 0.585.